The summed E-state index contributed by atoms with van der Waals surface area (Å²) < 4.78 is 25.5. The summed E-state index contributed by atoms with van der Waals surface area (Å²) in [7, 11) is 1.48. The number of carbonyl (C=O) groups is 3. The lowest BCUT2D eigenvalue weighted by molar-refractivity contribution is -0.154. The second-order valence-corrected chi connectivity index (χ2v) is 6.30. The largest absolute Gasteiger partial charge is 0.497 e. The van der Waals surface area contributed by atoms with Crippen LogP contribution in [0.25, 0.3) is 10.9 Å². The van der Waals surface area contributed by atoms with E-state index in [1.165, 1.54) is 29.9 Å². The third kappa shape index (κ3) is 3.96. The molecule has 0 radical (unpaired) electrons. The SMILES string of the molecule is COc1ccc2c(c1)c(CC(=O)OCC(=O)O)c(C)n2C(=O)c1ccccc1F. The normalized spacial score (nSPS) is 10.7. The molecule has 2 aromatic carbocycles. The number of hydrogen-bond donors (Lipinski definition) is 1. The van der Waals surface area contributed by atoms with Crippen LogP contribution < -0.4 is 4.74 Å². The van der Waals surface area contributed by atoms with Crippen molar-refractivity contribution < 1.29 is 33.4 Å². The Balaban J connectivity index is 2.12. The minimum absolute atomic E-state index is 0.108. The Bertz CT molecular complexity index is 1120. The monoisotopic (exact) mass is 399 g/mol. The van der Waals surface area contributed by atoms with Crippen molar-refractivity contribution in [1.82, 2.24) is 4.57 Å². The van der Waals surface area contributed by atoms with Crippen LogP contribution in [0.4, 0.5) is 4.39 Å². The maximum Gasteiger partial charge on any atom is 0.341 e. The first kappa shape index (κ1) is 20.1. The van der Waals surface area contributed by atoms with E-state index >= 15 is 0 Å². The molecule has 0 saturated heterocycles. The highest BCUT2D eigenvalue weighted by Gasteiger charge is 2.24. The lowest BCUT2D eigenvalue weighted by Crippen LogP contribution is -2.17. The maximum absolute atomic E-state index is 14.2. The van der Waals surface area contributed by atoms with E-state index in [0.717, 1.165) is 0 Å². The predicted octanol–water partition coefficient (Wildman–Crippen LogP) is 2.96. The molecular formula is C21H18FNO6. The highest BCUT2D eigenvalue weighted by molar-refractivity contribution is 6.05. The number of aromatic nitrogens is 1. The van der Waals surface area contributed by atoms with Crippen LogP contribution in [0, 0.1) is 12.7 Å². The summed E-state index contributed by atoms with van der Waals surface area (Å²) in [6.45, 7) is 0.874. The molecule has 0 saturated carbocycles. The van der Waals surface area contributed by atoms with Crippen LogP contribution >= 0.6 is 0 Å². The van der Waals surface area contributed by atoms with Gasteiger partial charge in [0.05, 0.1) is 24.6 Å². The smallest absolute Gasteiger partial charge is 0.341 e. The van der Waals surface area contributed by atoms with Crippen molar-refractivity contribution in [3.05, 3.63) is 65.1 Å². The summed E-state index contributed by atoms with van der Waals surface area (Å²) in [5, 5.41) is 9.23. The number of hydrogen-bond acceptors (Lipinski definition) is 5. The zero-order chi connectivity index (χ0) is 21.1. The number of aliphatic carboxylic acids is 1. The summed E-state index contributed by atoms with van der Waals surface area (Å²) in [6, 6.07) is 10.6. The van der Waals surface area contributed by atoms with Crippen molar-refractivity contribution in [1.29, 1.82) is 0 Å². The lowest BCUT2D eigenvalue weighted by Gasteiger charge is -2.08. The van der Waals surface area contributed by atoms with Gasteiger partial charge in [-0.25, -0.2) is 9.18 Å². The number of methoxy groups -OCH3 is 1. The van der Waals surface area contributed by atoms with Gasteiger partial charge in [0, 0.05) is 11.1 Å². The van der Waals surface area contributed by atoms with E-state index in [9.17, 15) is 18.8 Å². The van der Waals surface area contributed by atoms with E-state index in [1.54, 1.807) is 31.2 Å². The minimum atomic E-state index is -1.27. The zero-order valence-electron chi connectivity index (χ0n) is 15.8. The highest BCUT2D eigenvalue weighted by Crippen LogP contribution is 2.31. The van der Waals surface area contributed by atoms with Crippen molar-refractivity contribution in [3.63, 3.8) is 0 Å². The van der Waals surface area contributed by atoms with Crippen LogP contribution in [-0.4, -0.2) is 41.2 Å². The fraction of sp³-hybridized carbons (Fsp3) is 0.190. The van der Waals surface area contributed by atoms with Crippen LogP contribution in [-0.2, 0) is 20.7 Å². The van der Waals surface area contributed by atoms with E-state index < -0.39 is 30.3 Å². The lowest BCUT2D eigenvalue weighted by atomic mass is 10.1. The van der Waals surface area contributed by atoms with Crippen molar-refractivity contribution in [3.8, 4) is 5.75 Å². The molecule has 0 amide bonds. The first-order valence-corrected chi connectivity index (χ1v) is 8.68. The fourth-order valence-electron chi connectivity index (χ4n) is 3.17. The molecule has 0 aliphatic heterocycles. The van der Waals surface area contributed by atoms with Gasteiger partial charge in [-0.2, -0.15) is 0 Å². The van der Waals surface area contributed by atoms with Gasteiger partial charge in [-0.1, -0.05) is 12.1 Å². The Morgan fingerprint density at radius 1 is 1.14 bits per heavy atom. The number of carbonyl (C=O) groups excluding carboxylic acids is 2. The summed E-state index contributed by atoms with van der Waals surface area (Å²) in [4.78, 5) is 35.8. The number of benzene rings is 2. The maximum atomic E-state index is 14.2. The molecule has 8 heteroatoms. The first-order chi connectivity index (χ1) is 13.8. The van der Waals surface area contributed by atoms with Gasteiger partial charge in [-0.3, -0.25) is 14.2 Å². The molecule has 0 bridgehead atoms. The second kappa shape index (κ2) is 8.14. The molecule has 150 valence electrons. The van der Waals surface area contributed by atoms with Crippen molar-refractivity contribution in [2.24, 2.45) is 0 Å². The van der Waals surface area contributed by atoms with E-state index in [1.807, 2.05) is 0 Å². The molecule has 0 fully saturated rings. The van der Waals surface area contributed by atoms with Crippen molar-refractivity contribution in [2.45, 2.75) is 13.3 Å². The van der Waals surface area contributed by atoms with Gasteiger partial charge in [0.1, 0.15) is 11.6 Å². The Labute approximate surface area is 165 Å². The Morgan fingerprint density at radius 2 is 1.86 bits per heavy atom. The fourth-order valence-corrected chi connectivity index (χ4v) is 3.17. The van der Waals surface area contributed by atoms with Crippen LogP contribution in [0.2, 0.25) is 0 Å². The number of carboxylic acids is 1. The molecule has 3 aromatic rings. The zero-order valence-corrected chi connectivity index (χ0v) is 15.8. The van der Waals surface area contributed by atoms with Crippen LogP contribution in [0.5, 0.6) is 5.75 Å². The number of halogens is 1. The molecule has 0 unspecified atom stereocenters. The average molecular weight is 399 g/mol. The average Bonchev–Trinajstić information content (AvgIpc) is 2.97. The third-order valence-corrected chi connectivity index (χ3v) is 4.53. The van der Waals surface area contributed by atoms with Gasteiger partial charge in [-0.15, -0.1) is 0 Å². The minimum Gasteiger partial charge on any atom is -0.497 e. The summed E-state index contributed by atoms with van der Waals surface area (Å²) >= 11 is 0. The summed E-state index contributed by atoms with van der Waals surface area (Å²) in [5.74, 6) is -2.76. The van der Waals surface area contributed by atoms with Gasteiger partial charge in [0.2, 0.25) is 0 Å². The molecule has 0 aliphatic rings. The molecule has 1 N–H and O–H groups in total. The van der Waals surface area contributed by atoms with Crippen molar-refractivity contribution >= 4 is 28.7 Å². The van der Waals surface area contributed by atoms with E-state index in [-0.39, 0.29) is 12.0 Å². The van der Waals surface area contributed by atoms with Crippen LogP contribution in [0.15, 0.2) is 42.5 Å². The van der Waals surface area contributed by atoms with Gasteiger partial charge in [0.25, 0.3) is 5.91 Å². The second-order valence-electron chi connectivity index (χ2n) is 6.30. The van der Waals surface area contributed by atoms with Crippen LogP contribution in [0.1, 0.15) is 21.6 Å². The van der Waals surface area contributed by atoms with E-state index in [0.29, 0.717) is 27.9 Å². The van der Waals surface area contributed by atoms with Gasteiger partial charge < -0.3 is 14.6 Å². The van der Waals surface area contributed by atoms with Crippen LogP contribution in [0.3, 0.4) is 0 Å². The molecular weight excluding hydrogens is 381 g/mol. The summed E-state index contributed by atoms with van der Waals surface area (Å²) in [5.41, 5.74) is 1.26. The highest BCUT2D eigenvalue weighted by atomic mass is 19.1. The molecule has 3 rings (SSSR count). The Morgan fingerprint density at radius 3 is 2.52 bits per heavy atom. The number of rotatable bonds is 6. The molecule has 1 heterocycles. The standard InChI is InChI=1S/C21H18FNO6/c1-12-15(10-20(26)29-11-19(24)25)16-9-13(28-2)7-8-18(16)23(12)21(27)14-5-3-4-6-17(14)22/h3-9H,10-11H2,1-2H3,(H,24,25). The summed E-state index contributed by atoms with van der Waals surface area (Å²) in [6.07, 6.45) is -0.250. The molecule has 29 heavy (non-hydrogen) atoms. The number of esters is 1. The van der Waals surface area contributed by atoms with E-state index in [4.69, 9.17) is 14.6 Å². The molecule has 0 spiro atoms. The number of nitrogens with zero attached hydrogens (tertiary/aromatic N) is 1. The van der Waals surface area contributed by atoms with Crippen molar-refractivity contribution in [2.75, 3.05) is 13.7 Å². The topological polar surface area (TPSA) is 94.8 Å². The third-order valence-electron chi connectivity index (χ3n) is 4.53. The Hall–Kier alpha value is -3.68. The molecule has 7 nitrogen and oxygen atoms in total. The molecule has 1 aromatic heterocycles. The van der Waals surface area contributed by atoms with E-state index in [2.05, 4.69) is 0 Å². The quantitative estimate of drug-likeness (QED) is 0.641. The molecule has 0 atom stereocenters. The first-order valence-electron chi connectivity index (χ1n) is 8.68. The van der Waals surface area contributed by atoms with Gasteiger partial charge in [-0.05, 0) is 42.8 Å². The Kier molecular flexibility index (Phi) is 5.63. The number of carboxylic acid groups (broad SMARTS) is 1. The number of ether oxygens (including phenoxy) is 2. The molecule has 0 aliphatic carbocycles. The number of fused-ring (bicyclic) bond motifs is 1. The predicted molar refractivity (Wildman–Crippen MR) is 102 cm³/mol. The van der Waals surface area contributed by atoms with Gasteiger partial charge >= 0.3 is 11.9 Å². The van der Waals surface area contributed by atoms with Gasteiger partial charge in [0.15, 0.2) is 6.61 Å².